The first-order valence-corrected chi connectivity index (χ1v) is 8.28. The third-order valence-corrected chi connectivity index (χ3v) is 4.37. The van der Waals surface area contributed by atoms with E-state index < -0.39 is 0 Å². The molecule has 2 aromatic carbocycles. The highest BCUT2D eigenvalue weighted by Crippen LogP contribution is 2.18. The van der Waals surface area contributed by atoms with Gasteiger partial charge in [-0.1, -0.05) is 54.1 Å². The lowest BCUT2D eigenvalue weighted by Crippen LogP contribution is -2.42. The smallest absolute Gasteiger partial charge is 0.242 e. The highest BCUT2D eigenvalue weighted by molar-refractivity contribution is 5.85. The van der Waals surface area contributed by atoms with Crippen LogP contribution < -0.4 is 5.32 Å². The Bertz CT molecular complexity index is 755. The minimum Gasteiger partial charge on any atom is -0.347 e. The van der Waals surface area contributed by atoms with E-state index in [0.29, 0.717) is 19.5 Å². The summed E-state index contributed by atoms with van der Waals surface area (Å²) >= 11 is 0. The van der Waals surface area contributed by atoms with Crippen LogP contribution in [0.4, 0.5) is 0 Å². The fourth-order valence-corrected chi connectivity index (χ4v) is 3.06. The van der Waals surface area contributed by atoms with Crippen LogP contribution in [0.2, 0.25) is 0 Å². The van der Waals surface area contributed by atoms with E-state index in [2.05, 4.69) is 17.4 Å². The van der Waals surface area contributed by atoms with E-state index in [4.69, 9.17) is 0 Å². The number of rotatable bonds is 4. The van der Waals surface area contributed by atoms with Crippen LogP contribution in [0.3, 0.4) is 0 Å². The molecule has 24 heavy (non-hydrogen) atoms. The second kappa shape index (κ2) is 7.30. The van der Waals surface area contributed by atoms with Crippen LogP contribution >= 0.6 is 0 Å². The number of hydrogen-bond donors (Lipinski definition) is 1. The van der Waals surface area contributed by atoms with Crippen molar-refractivity contribution in [1.82, 2.24) is 10.2 Å². The Morgan fingerprint density at radius 1 is 1.08 bits per heavy atom. The molecule has 0 fully saturated rings. The predicted molar refractivity (Wildman–Crippen MR) is 93.5 cm³/mol. The van der Waals surface area contributed by atoms with Gasteiger partial charge in [0.05, 0.1) is 13.0 Å². The van der Waals surface area contributed by atoms with Crippen LogP contribution in [-0.2, 0) is 29.0 Å². The lowest BCUT2D eigenvalue weighted by molar-refractivity contribution is -0.133. The van der Waals surface area contributed by atoms with Crippen LogP contribution in [-0.4, -0.2) is 29.8 Å². The molecular formula is C20H22N2O2. The Kier molecular flexibility index (Phi) is 4.94. The molecule has 0 radical (unpaired) electrons. The molecule has 2 aromatic rings. The first-order chi connectivity index (χ1) is 11.6. The fourth-order valence-electron chi connectivity index (χ4n) is 3.06. The summed E-state index contributed by atoms with van der Waals surface area (Å²) < 4.78 is 0. The van der Waals surface area contributed by atoms with Crippen LogP contribution in [0.5, 0.6) is 0 Å². The molecule has 4 heteroatoms. The van der Waals surface area contributed by atoms with Crippen LogP contribution in [0.15, 0.2) is 48.5 Å². The zero-order valence-corrected chi connectivity index (χ0v) is 13.9. The first-order valence-electron chi connectivity index (χ1n) is 8.28. The summed E-state index contributed by atoms with van der Waals surface area (Å²) in [5.41, 5.74) is 4.60. The minimum absolute atomic E-state index is 0.0258. The maximum atomic E-state index is 12.3. The largest absolute Gasteiger partial charge is 0.347 e. The van der Waals surface area contributed by atoms with E-state index in [9.17, 15) is 9.59 Å². The Hall–Kier alpha value is -2.62. The second-order valence-electron chi connectivity index (χ2n) is 6.28. The number of benzene rings is 2. The van der Waals surface area contributed by atoms with Gasteiger partial charge >= 0.3 is 0 Å². The molecule has 0 saturated carbocycles. The van der Waals surface area contributed by atoms with Crippen molar-refractivity contribution in [2.45, 2.75) is 26.3 Å². The molecule has 124 valence electrons. The highest BCUT2D eigenvalue weighted by Gasteiger charge is 2.20. The van der Waals surface area contributed by atoms with Crippen molar-refractivity contribution < 1.29 is 9.59 Å². The molecule has 1 aliphatic rings. The van der Waals surface area contributed by atoms with Gasteiger partial charge in [-0.15, -0.1) is 0 Å². The van der Waals surface area contributed by atoms with E-state index >= 15 is 0 Å². The molecule has 0 aliphatic carbocycles. The summed E-state index contributed by atoms with van der Waals surface area (Å²) in [5.74, 6) is -0.145. The van der Waals surface area contributed by atoms with Crippen molar-refractivity contribution in [2.24, 2.45) is 0 Å². The van der Waals surface area contributed by atoms with Gasteiger partial charge < -0.3 is 10.2 Å². The molecule has 0 aromatic heterocycles. The van der Waals surface area contributed by atoms with E-state index in [0.717, 1.165) is 17.5 Å². The molecular weight excluding hydrogens is 300 g/mol. The van der Waals surface area contributed by atoms with Gasteiger partial charge in [0.2, 0.25) is 11.8 Å². The third kappa shape index (κ3) is 4.02. The van der Waals surface area contributed by atoms with Crippen LogP contribution in [0.25, 0.3) is 0 Å². The number of carbonyl (C=O) groups is 2. The highest BCUT2D eigenvalue weighted by atomic mass is 16.2. The standard InChI is InChI=1S/C20H22N2O2/c1-15-5-4-6-16(11-15)12-19(23)21-13-20(24)22-10-9-17-7-2-3-8-18(17)14-22/h2-8,11H,9-10,12-14H2,1H3,(H,21,23). The van der Waals surface area contributed by atoms with Gasteiger partial charge in [0, 0.05) is 13.1 Å². The van der Waals surface area contributed by atoms with Crippen molar-refractivity contribution in [3.63, 3.8) is 0 Å². The van der Waals surface area contributed by atoms with Crippen molar-refractivity contribution in [1.29, 1.82) is 0 Å². The number of carbonyl (C=O) groups excluding carboxylic acids is 2. The molecule has 1 heterocycles. The van der Waals surface area contributed by atoms with Gasteiger partial charge in [-0.3, -0.25) is 9.59 Å². The number of hydrogen-bond acceptors (Lipinski definition) is 2. The molecule has 2 amide bonds. The van der Waals surface area contributed by atoms with Gasteiger partial charge in [0.25, 0.3) is 0 Å². The summed E-state index contributed by atoms with van der Waals surface area (Å²) in [7, 11) is 0. The van der Waals surface area contributed by atoms with Gasteiger partial charge in [-0.2, -0.15) is 0 Å². The van der Waals surface area contributed by atoms with Gasteiger partial charge in [-0.05, 0) is 30.0 Å². The Morgan fingerprint density at radius 2 is 1.88 bits per heavy atom. The lowest BCUT2D eigenvalue weighted by atomic mass is 10.00. The second-order valence-corrected chi connectivity index (χ2v) is 6.28. The van der Waals surface area contributed by atoms with E-state index in [1.54, 1.807) is 0 Å². The molecule has 0 saturated heterocycles. The minimum atomic E-state index is -0.119. The summed E-state index contributed by atoms with van der Waals surface area (Å²) in [6.07, 6.45) is 1.18. The Labute approximate surface area is 142 Å². The molecule has 1 N–H and O–H groups in total. The lowest BCUT2D eigenvalue weighted by Gasteiger charge is -2.29. The number of amides is 2. The third-order valence-electron chi connectivity index (χ3n) is 4.37. The van der Waals surface area contributed by atoms with Crippen molar-refractivity contribution in [3.05, 3.63) is 70.8 Å². The SMILES string of the molecule is Cc1cccc(CC(=O)NCC(=O)N2CCc3ccccc3C2)c1. The number of fused-ring (bicyclic) bond motifs is 1. The Balaban J connectivity index is 1.50. The molecule has 0 unspecified atom stereocenters. The average molecular weight is 322 g/mol. The average Bonchev–Trinajstić information content (AvgIpc) is 2.59. The Morgan fingerprint density at radius 3 is 2.67 bits per heavy atom. The normalized spacial score (nSPS) is 13.3. The number of nitrogens with one attached hydrogen (secondary N) is 1. The quantitative estimate of drug-likeness (QED) is 0.938. The number of nitrogens with zero attached hydrogens (tertiary/aromatic N) is 1. The van der Waals surface area contributed by atoms with E-state index in [-0.39, 0.29) is 18.4 Å². The zero-order chi connectivity index (χ0) is 16.9. The van der Waals surface area contributed by atoms with Crippen molar-refractivity contribution in [2.75, 3.05) is 13.1 Å². The van der Waals surface area contributed by atoms with E-state index in [1.807, 2.05) is 48.2 Å². The van der Waals surface area contributed by atoms with Crippen LogP contribution in [0.1, 0.15) is 22.3 Å². The molecule has 0 spiro atoms. The maximum Gasteiger partial charge on any atom is 0.242 e. The van der Waals surface area contributed by atoms with Gasteiger partial charge in [-0.25, -0.2) is 0 Å². The monoisotopic (exact) mass is 322 g/mol. The van der Waals surface area contributed by atoms with Crippen molar-refractivity contribution in [3.8, 4) is 0 Å². The summed E-state index contributed by atoms with van der Waals surface area (Å²) in [4.78, 5) is 26.2. The molecule has 4 nitrogen and oxygen atoms in total. The van der Waals surface area contributed by atoms with E-state index in [1.165, 1.54) is 11.1 Å². The fraction of sp³-hybridized carbons (Fsp3) is 0.300. The summed E-state index contributed by atoms with van der Waals surface area (Å²) in [6, 6.07) is 16.1. The topological polar surface area (TPSA) is 49.4 Å². The maximum absolute atomic E-state index is 12.3. The first kappa shape index (κ1) is 16.2. The molecule has 3 rings (SSSR count). The summed E-state index contributed by atoms with van der Waals surface area (Å²) in [6.45, 7) is 3.40. The molecule has 0 atom stereocenters. The summed E-state index contributed by atoms with van der Waals surface area (Å²) in [5, 5.41) is 2.74. The van der Waals surface area contributed by atoms with Crippen molar-refractivity contribution >= 4 is 11.8 Å². The van der Waals surface area contributed by atoms with Crippen LogP contribution in [0, 0.1) is 6.92 Å². The van der Waals surface area contributed by atoms with Gasteiger partial charge in [0.15, 0.2) is 0 Å². The molecule has 1 aliphatic heterocycles. The molecule has 0 bridgehead atoms. The number of aryl methyl sites for hydroxylation is 1. The van der Waals surface area contributed by atoms with Gasteiger partial charge in [0.1, 0.15) is 0 Å². The zero-order valence-electron chi connectivity index (χ0n) is 13.9. The predicted octanol–water partition coefficient (Wildman–Crippen LogP) is 2.24.